The van der Waals surface area contributed by atoms with Gasteiger partial charge in [0.05, 0.1) is 13.7 Å². The summed E-state index contributed by atoms with van der Waals surface area (Å²) in [5, 5.41) is 8.21. The van der Waals surface area contributed by atoms with Gasteiger partial charge in [0.2, 0.25) is 5.89 Å². The van der Waals surface area contributed by atoms with Gasteiger partial charge in [0, 0.05) is 18.8 Å². The molecule has 114 valence electrons. The Labute approximate surface area is 128 Å². The molecule has 1 aromatic carbocycles. The first-order valence-electron chi connectivity index (χ1n) is 6.99. The van der Waals surface area contributed by atoms with Gasteiger partial charge in [-0.2, -0.15) is 0 Å². The molecule has 0 N–H and O–H groups in total. The normalized spacial score (nSPS) is 10.7. The number of benzene rings is 1. The number of hydrogen-bond donors (Lipinski definition) is 0. The highest BCUT2D eigenvalue weighted by Crippen LogP contribution is 2.33. The molecule has 2 heterocycles. The standard InChI is InChI=1S/C16H17N3O3/c1-4-21-13-8-7-11(10-14(13)20-3)15-17-18-16(22-15)12-6-5-9-19(12)2/h5-10H,4H2,1-3H3. The van der Waals surface area contributed by atoms with Crippen molar-refractivity contribution in [2.24, 2.45) is 7.05 Å². The summed E-state index contributed by atoms with van der Waals surface area (Å²) >= 11 is 0. The lowest BCUT2D eigenvalue weighted by Gasteiger charge is -2.09. The van der Waals surface area contributed by atoms with E-state index in [2.05, 4.69) is 10.2 Å². The van der Waals surface area contributed by atoms with Gasteiger partial charge in [-0.25, -0.2) is 0 Å². The highest BCUT2D eigenvalue weighted by atomic mass is 16.5. The molecule has 0 saturated carbocycles. The van der Waals surface area contributed by atoms with Crippen LogP contribution in [0.3, 0.4) is 0 Å². The van der Waals surface area contributed by atoms with Crippen molar-refractivity contribution in [1.29, 1.82) is 0 Å². The van der Waals surface area contributed by atoms with Crippen molar-refractivity contribution in [2.45, 2.75) is 6.92 Å². The van der Waals surface area contributed by atoms with Crippen LogP contribution >= 0.6 is 0 Å². The molecule has 3 rings (SSSR count). The van der Waals surface area contributed by atoms with Crippen molar-refractivity contribution >= 4 is 0 Å². The molecular formula is C16H17N3O3. The number of aryl methyl sites for hydroxylation is 1. The lowest BCUT2D eigenvalue weighted by Crippen LogP contribution is -1.95. The average Bonchev–Trinajstić information content (AvgIpc) is 3.16. The number of rotatable bonds is 5. The lowest BCUT2D eigenvalue weighted by atomic mass is 10.2. The fourth-order valence-electron chi connectivity index (χ4n) is 2.20. The van der Waals surface area contributed by atoms with Crippen molar-refractivity contribution in [3.05, 3.63) is 36.5 Å². The monoisotopic (exact) mass is 299 g/mol. The van der Waals surface area contributed by atoms with Crippen molar-refractivity contribution in [3.63, 3.8) is 0 Å². The smallest absolute Gasteiger partial charge is 0.264 e. The van der Waals surface area contributed by atoms with E-state index in [1.807, 2.05) is 55.1 Å². The van der Waals surface area contributed by atoms with Crippen molar-refractivity contribution in [2.75, 3.05) is 13.7 Å². The summed E-state index contributed by atoms with van der Waals surface area (Å²) in [7, 11) is 3.53. The molecule has 22 heavy (non-hydrogen) atoms. The molecule has 0 aliphatic heterocycles. The van der Waals surface area contributed by atoms with Crippen LogP contribution in [0.15, 0.2) is 40.9 Å². The van der Waals surface area contributed by atoms with Gasteiger partial charge in [-0.15, -0.1) is 10.2 Å². The van der Waals surface area contributed by atoms with Crippen LogP contribution in [0.2, 0.25) is 0 Å². The maximum absolute atomic E-state index is 5.75. The van der Waals surface area contributed by atoms with Gasteiger partial charge in [0.15, 0.2) is 11.5 Å². The van der Waals surface area contributed by atoms with Crippen LogP contribution in [0.4, 0.5) is 0 Å². The van der Waals surface area contributed by atoms with Crippen molar-refractivity contribution in [1.82, 2.24) is 14.8 Å². The molecule has 0 unspecified atom stereocenters. The predicted octanol–water partition coefficient (Wildman–Crippen LogP) is 3.15. The predicted molar refractivity (Wildman–Crippen MR) is 81.9 cm³/mol. The molecule has 0 fully saturated rings. The molecule has 6 nitrogen and oxygen atoms in total. The topological polar surface area (TPSA) is 62.3 Å². The first-order valence-corrected chi connectivity index (χ1v) is 6.99. The second kappa shape index (κ2) is 5.93. The molecule has 0 atom stereocenters. The Balaban J connectivity index is 1.95. The lowest BCUT2D eigenvalue weighted by molar-refractivity contribution is 0.311. The minimum absolute atomic E-state index is 0.442. The fourth-order valence-corrected chi connectivity index (χ4v) is 2.20. The number of hydrogen-bond acceptors (Lipinski definition) is 5. The van der Waals surface area contributed by atoms with E-state index in [0.717, 1.165) is 11.3 Å². The summed E-state index contributed by atoms with van der Waals surface area (Å²) < 4.78 is 18.5. The largest absolute Gasteiger partial charge is 0.493 e. The summed E-state index contributed by atoms with van der Waals surface area (Å²) in [6.45, 7) is 2.51. The molecule has 0 aliphatic rings. The quantitative estimate of drug-likeness (QED) is 0.724. The number of nitrogens with zero attached hydrogens (tertiary/aromatic N) is 3. The fraction of sp³-hybridized carbons (Fsp3) is 0.250. The summed E-state index contributed by atoms with van der Waals surface area (Å²) in [4.78, 5) is 0. The van der Waals surface area contributed by atoms with E-state index in [9.17, 15) is 0 Å². The highest BCUT2D eigenvalue weighted by Gasteiger charge is 2.14. The number of ether oxygens (including phenoxy) is 2. The van der Waals surface area contributed by atoms with Gasteiger partial charge < -0.3 is 18.5 Å². The summed E-state index contributed by atoms with van der Waals surface area (Å²) in [6.07, 6.45) is 1.93. The highest BCUT2D eigenvalue weighted by molar-refractivity contribution is 5.61. The molecule has 3 aromatic rings. The molecule has 0 radical (unpaired) electrons. The SMILES string of the molecule is CCOc1ccc(-c2nnc(-c3cccn3C)o2)cc1OC. The van der Waals surface area contributed by atoms with Gasteiger partial charge in [0.25, 0.3) is 5.89 Å². The molecule has 0 aliphatic carbocycles. The first-order chi connectivity index (χ1) is 10.7. The van der Waals surface area contributed by atoms with Crippen LogP contribution in [0.25, 0.3) is 23.0 Å². The summed E-state index contributed by atoms with van der Waals surface area (Å²) in [5.74, 6) is 2.25. The van der Waals surface area contributed by atoms with Gasteiger partial charge in [-0.05, 0) is 37.3 Å². The maximum atomic E-state index is 5.75. The Bertz CT molecular complexity index is 777. The third-order valence-corrected chi connectivity index (χ3v) is 3.30. The Morgan fingerprint density at radius 3 is 2.64 bits per heavy atom. The van der Waals surface area contributed by atoms with Crippen LogP contribution in [0.5, 0.6) is 11.5 Å². The molecule has 6 heteroatoms. The van der Waals surface area contributed by atoms with Gasteiger partial charge in [-0.3, -0.25) is 0 Å². The van der Waals surface area contributed by atoms with Crippen LogP contribution in [0, 0.1) is 0 Å². The molecular weight excluding hydrogens is 282 g/mol. The maximum Gasteiger partial charge on any atom is 0.264 e. The zero-order valence-electron chi connectivity index (χ0n) is 12.7. The average molecular weight is 299 g/mol. The van der Waals surface area contributed by atoms with Crippen LogP contribution in [-0.2, 0) is 7.05 Å². The van der Waals surface area contributed by atoms with Crippen LogP contribution < -0.4 is 9.47 Å². The van der Waals surface area contributed by atoms with Crippen molar-refractivity contribution < 1.29 is 13.9 Å². The molecule has 0 bridgehead atoms. The zero-order chi connectivity index (χ0) is 15.5. The van der Waals surface area contributed by atoms with E-state index in [1.54, 1.807) is 7.11 Å². The van der Waals surface area contributed by atoms with E-state index >= 15 is 0 Å². The second-order valence-electron chi connectivity index (χ2n) is 4.72. The molecule has 0 spiro atoms. The van der Waals surface area contributed by atoms with Gasteiger partial charge in [-0.1, -0.05) is 0 Å². The number of methoxy groups -OCH3 is 1. The minimum atomic E-state index is 0.442. The zero-order valence-corrected chi connectivity index (χ0v) is 12.7. The Morgan fingerprint density at radius 2 is 1.95 bits per heavy atom. The third-order valence-electron chi connectivity index (χ3n) is 3.30. The summed E-state index contributed by atoms with van der Waals surface area (Å²) in [5.41, 5.74) is 1.66. The second-order valence-corrected chi connectivity index (χ2v) is 4.72. The van der Waals surface area contributed by atoms with Gasteiger partial charge in [0.1, 0.15) is 5.69 Å². The van der Waals surface area contributed by atoms with Crippen LogP contribution in [-0.4, -0.2) is 28.5 Å². The Morgan fingerprint density at radius 1 is 1.14 bits per heavy atom. The van der Waals surface area contributed by atoms with E-state index in [1.165, 1.54) is 0 Å². The van der Waals surface area contributed by atoms with E-state index in [4.69, 9.17) is 13.9 Å². The minimum Gasteiger partial charge on any atom is -0.493 e. The summed E-state index contributed by atoms with van der Waals surface area (Å²) in [6, 6.07) is 9.39. The third kappa shape index (κ3) is 2.55. The van der Waals surface area contributed by atoms with Crippen molar-refractivity contribution in [3.8, 4) is 34.5 Å². The molecule has 0 saturated heterocycles. The number of aromatic nitrogens is 3. The Hall–Kier alpha value is -2.76. The molecule has 2 aromatic heterocycles. The van der Waals surface area contributed by atoms with E-state index < -0.39 is 0 Å². The first kappa shape index (κ1) is 14.2. The van der Waals surface area contributed by atoms with E-state index in [0.29, 0.717) is 29.9 Å². The van der Waals surface area contributed by atoms with Gasteiger partial charge >= 0.3 is 0 Å². The Kier molecular flexibility index (Phi) is 3.82. The van der Waals surface area contributed by atoms with E-state index in [-0.39, 0.29) is 0 Å². The van der Waals surface area contributed by atoms with Crippen LogP contribution in [0.1, 0.15) is 6.92 Å². The molecule has 0 amide bonds.